The van der Waals surface area contributed by atoms with Crippen LogP contribution in [-0.2, 0) is 6.54 Å². The normalized spacial score (nSPS) is 18.5. The molecule has 1 aliphatic rings. The highest BCUT2D eigenvalue weighted by Gasteiger charge is 2.28. The van der Waals surface area contributed by atoms with Crippen LogP contribution < -0.4 is 5.32 Å². The van der Waals surface area contributed by atoms with Gasteiger partial charge in [0.05, 0.1) is 0 Å². The third-order valence-electron chi connectivity index (χ3n) is 4.33. The highest BCUT2D eigenvalue weighted by molar-refractivity contribution is 5.46. The minimum absolute atomic E-state index is 0.480. The summed E-state index contributed by atoms with van der Waals surface area (Å²) >= 11 is 0. The number of hydrogen-bond acceptors (Lipinski definition) is 3. The van der Waals surface area contributed by atoms with E-state index in [-0.39, 0.29) is 0 Å². The van der Waals surface area contributed by atoms with Gasteiger partial charge in [-0.25, -0.2) is 4.98 Å². The Labute approximate surface area is 133 Å². The summed E-state index contributed by atoms with van der Waals surface area (Å²) in [6.07, 6.45) is 5.49. The van der Waals surface area contributed by atoms with E-state index in [9.17, 15) is 0 Å². The van der Waals surface area contributed by atoms with Gasteiger partial charge in [-0.2, -0.15) is 0 Å². The van der Waals surface area contributed by atoms with Gasteiger partial charge in [0.1, 0.15) is 5.82 Å². The van der Waals surface area contributed by atoms with Gasteiger partial charge in [-0.3, -0.25) is 4.90 Å². The Morgan fingerprint density at radius 1 is 1.18 bits per heavy atom. The van der Waals surface area contributed by atoms with Crippen LogP contribution in [0.3, 0.4) is 0 Å². The first-order valence-corrected chi connectivity index (χ1v) is 8.35. The Hall–Kier alpha value is -1.87. The minimum atomic E-state index is 0.480. The number of benzene rings is 1. The highest BCUT2D eigenvalue weighted by Crippen LogP contribution is 2.35. The van der Waals surface area contributed by atoms with Gasteiger partial charge in [-0.05, 0) is 37.4 Å². The molecule has 1 atom stereocenters. The van der Waals surface area contributed by atoms with Gasteiger partial charge in [0.25, 0.3) is 0 Å². The monoisotopic (exact) mass is 295 g/mol. The quantitative estimate of drug-likeness (QED) is 0.864. The minimum Gasteiger partial charge on any atom is -0.370 e. The first-order valence-electron chi connectivity index (χ1n) is 8.35. The Balaban J connectivity index is 1.78. The predicted octanol–water partition coefficient (Wildman–Crippen LogP) is 4.24. The summed E-state index contributed by atoms with van der Waals surface area (Å²) in [4.78, 5) is 7.15. The lowest BCUT2D eigenvalue weighted by atomic mass is 10.0. The van der Waals surface area contributed by atoms with Crippen molar-refractivity contribution in [3.05, 3.63) is 59.8 Å². The van der Waals surface area contributed by atoms with Crippen molar-refractivity contribution >= 4 is 5.82 Å². The van der Waals surface area contributed by atoms with E-state index in [4.69, 9.17) is 0 Å². The summed E-state index contributed by atoms with van der Waals surface area (Å²) in [5.74, 6) is 1.06. The smallest absolute Gasteiger partial charge is 0.130 e. The molecule has 1 fully saturated rings. The first kappa shape index (κ1) is 15.0. The second kappa shape index (κ2) is 7.41. The van der Waals surface area contributed by atoms with Crippen LogP contribution in [0.25, 0.3) is 0 Å². The molecule has 3 heteroatoms. The average molecular weight is 295 g/mol. The summed E-state index contributed by atoms with van der Waals surface area (Å²) in [5.41, 5.74) is 2.74. The van der Waals surface area contributed by atoms with Crippen molar-refractivity contribution in [1.82, 2.24) is 9.88 Å². The van der Waals surface area contributed by atoms with Gasteiger partial charge in [-0.1, -0.05) is 43.3 Å². The third kappa shape index (κ3) is 3.47. The zero-order chi connectivity index (χ0) is 15.2. The van der Waals surface area contributed by atoms with Crippen LogP contribution in [0.5, 0.6) is 0 Å². The maximum atomic E-state index is 4.56. The Kier molecular flexibility index (Phi) is 5.07. The number of rotatable bonds is 6. The van der Waals surface area contributed by atoms with Crippen molar-refractivity contribution in [2.45, 2.75) is 38.8 Å². The van der Waals surface area contributed by atoms with Gasteiger partial charge in [0, 0.05) is 30.9 Å². The van der Waals surface area contributed by atoms with Crippen molar-refractivity contribution in [1.29, 1.82) is 0 Å². The van der Waals surface area contributed by atoms with Crippen LogP contribution in [0.2, 0.25) is 0 Å². The fourth-order valence-electron chi connectivity index (χ4n) is 3.26. The van der Waals surface area contributed by atoms with E-state index in [1.807, 2.05) is 6.20 Å². The van der Waals surface area contributed by atoms with E-state index in [1.54, 1.807) is 0 Å². The highest BCUT2D eigenvalue weighted by atomic mass is 15.2. The molecule has 1 N–H and O–H groups in total. The third-order valence-corrected chi connectivity index (χ3v) is 4.33. The average Bonchev–Trinajstić information content (AvgIpc) is 3.02. The van der Waals surface area contributed by atoms with Crippen LogP contribution in [0.15, 0.2) is 48.7 Å². The molecule has 1 aromatic carbocycles. The van der Waals surface area contributed by atoms with E-state index < -0.39 is 0 Å². The van der Waals surface area contributed by atoms with Crippen LogP contribution in [-0.4, -0.2) is 23.0 Å². The summed E-state index contributed by atoms with van der Waals surface area (Å²) in [6.45, 7) is 5.36. The molecule has 0 saturated carbocycles. The van der Waals surface area contributed by atoms with Gasteiger partial charge >= 0.3 is 0 Å². The first-order chi connectivity index (χ1) is 10.9. The molecule has 1 aromatic heterocycles. The van der Waals surface area contributed by atoms with Crippen LogP contribution >= 0.6 is 0 Å². The van der Waals surface area contributed by atoms with Crippen molar-refractivity contribution in [3.8, 4) is 0 Å². The molecule has 116 valence electrons. The number of pyridine rings is 1. The van der Waals surface area contributed by atoms with Crippen LogP contribution in [0.1, 0.15) is 43.4 Å². The molecule has 0 spiro atoms. The predicted molar refractivity (Wildman–Crippen MR) is 91.8 cm³/mol. The van der Waals surface area contributed by atoms with Crippen LogP contribution in [0, 0.1) is 0 Å². The maximum Gasteiger partial charge on any atom is 0.130 e. The van der Waals surface area contributed by atoms with Gasteiger partial charge in [-0.15, -0.1) is 0 Å². The summed E-state index contributed by atoms with van der Waals surface area (Å²) in [6, 6.07) is 15.5. The molecule has 0 amide bonds. The number of aromatic nitrogens is 1. The fraction of sp³-hybridized carbons (Fsp3) is 0.421. The Morgan fingerprint density at radius 3 is 2.86 bits per heavy atom. The molecule has 2 aromatic rings. The molecule has 0 bridgehead atoms. The number of hydrogen-bond donors (Lipinski definition) is 1. The number of nitrogens with one attached hydrogen (secondary N) is 1. The second-order valence-corrected chi connectivity index (χ2v) is 5.98. The fourth-order valence-corrected chi connectivity index (χ4v) is 3.26. The number of nitrogens with zero attached hydrogens (tertiary/aromatic N) is 2. The Morgan fingerprint density at radius 2 is 2.05 bits per heavy atom. The Bertz CT molecular complexity index is 582. The van der Waals surface area contributed by atoms with E-state index in [2.05, 4.69) is 64.6 Å². The van der Waals surface area contributed by atoms with Crippen molar-refractivity contribution in [3.63, 3.8) is 0 Å². The van der Waals surface area contributed by atoms with Crippen molar-refractivity contribution in [2.75, 3.05) is 18.4 Å². The molecule has 1 saturated heterocycles. The standard InChI is InChI=1S/C19H25N3/c1-2-12-20-19-17(10-6-13-21-19)18-11-7-14-22(18)15-16-8-4-3-5-9-16/h3-6,8-10,13,18H,2,7,11-12,14-15H2,1H3,(H,20,21). The zero-order valence-electron chi connectivity index (χ0n) is 13.3. The van der Waals surface area contributed by atoms with Gasteiger partial charge < -0.3 is 5.32 Å². The number of anilines is 1. The zero-order valence-corrected chi connectivity index (χ0v) is 13.3. The lowest BCUT2D eigenvalue weighted by Gasteiger charge is -2.26. The van der Waals surface area contributed by atoms with Crippen LogP contribution in [0.4, 0.5) is 5.82 Å². The molecule has 22 heavy (non-hydrogen) atoms. The van der Waals surface area contributed by atoms with Crippen molar-refractivity contribution in [2.24, 2.45) is 0 Å². The molecular formula is C19H25N3. The van der Waals surface area contributed by atoms with Gasteiger partial charge in [0.2, 0.25) is 0 Å². The molecule has 1 unspecified atom stereocenters. The summed E-state index contributed by atoms with van der Waals surface area (Å²) in [7, 11) is 0. The maximum absolute atomic E-state index is 4.56. The van der Waals surface area contributed by atoms with E-state index in [0.29, 0.717) is 6.04 Å². The molecule has 2 heterocycles. The molecule has 0 radical (unpaired) electrons. The lowest BCUT2D eigenvalue weighted by molar-refractivity contribution is 0.248. The largest absolute Gasteiger partial charge is 0.370 e. The van der Waals surface area contributed by atoms with E-state index in [0.717, 1.165) is 25.3 Å². The molecule has 1 aliphatic heterocycles. The SMILES string of the molecule is CCCNc1ncccc1C1CCCN1Cc1ccccc1. The number of likely N-dealkylation sites (tertiary alicyclic amines) is 1. The van der Waals surface area contributed by atoms with Crippen molar-refractivity contribution < 1.29 is 0 Å². The summed E-state index contributed by atoms with van der Waals surface area (Å²) < 4.78 is 0. The summed E-state index contributed by atoms with van der Waals surface area (Å²) in [5, 5.41) is 3.49. The molecule has 3 nitrogen and oxygen atoms in total. The lowest BCUT2D eigenvalue weighted by Crippen LogP contribution is -2.24. The molecule has 0 aliphatic carbocycles. The van der Waals surface area contributed by atoms with E-state index >= 15 is 0 Å². The van der Waals surface area contributed by atoms with E-state index in [1.165, 1.54) is 30.5 Å². The second-order valence-electron chi connectivity index (χ2n) is 5.98. The molecular weight excluding hydrogens is 270 g/mol. The topological polar surface area (TPSA) is 28.2 Å². The molecule has 3 rings (SSSR count). The van der Waals surface area contributed by atoms with Gasteiger partial charge in [0.15, 0.2) is 0 Å².